The van der Waals surface area contributed by atoms with E-state index in [1.807, 2.05) is 28.8 Å². The monoisotopic (exact) mass is 549 g/mol. The second kappa shape index (κ2) is 10.5. The van der Waals surface area contributed by atoms with Crippen molar-refractivity contribution in [3.63, 3.8) is 0 Å². The standard InChI is InChI=1S/C31H31N7O3/c1-18(2)16-38-17-23(15-33-38)19-5-7-20(8-6-19)29-27-25(36-37(29)3)12-10-22-14-32-31(35-28(22)27)34-24-11-9-21(30(39)40)13-26(24)41-4/h5-9,11,13-15,17-18H,10,12,16H2,1-4H3,(H,39,40)(H,32,34,35). The Kier molecular flexibility index (Phi) is 6.74. The number of fused-ring (bicyclic) bond motifs is 3. The Morgan fingerprint density at radius 1 is 1.07 bits per heavy atom. The Labute approximate surface area is 237 Å². The fourth-order valence-electron chi connectivity index (χ4n) is 5.31. The topological polar surface area (TPSA) is 120 Å². The molecule has 5 aromatic rings. The van der Waals surface area contributed by atoms with E-state index in [1.54, 1.807) is 6.07 Å². The third-order valence-electron chi connectivity index (χ3n) is 7.22. The minimum absolute atomic E-state index is 0.138. The second-order valence-electron chi connectivity index (χ2n) is 10.6. The highest BCUT2D eigenvalue weighted by Gasteiger charge is 2.27. The van der Waals surface area contributed by atoms with Gasteiger partial charge < -0.3 is 15.2 Å². The van der Waals surface area contributed by atoms with Crippen molar-refractivity contribution in [2.45, 2.75) is 33.2 Å². The summed E-state index contributed by atoms with van der Waals surface area (Å²) < 4.78 is 9.34. The third kappa shape index (κ3) is 5.04. The number of carbonyl (C=O) groups is 1. The van der Waals surface area contributed by atoms with E-state index < -0.39 is 5.97 Å². The van der Waals surface area contributed by atoms with Crippen LogP contribution in [-0.4, -0.2) is 47.7 Å². The lowest BCUT2D eigenvalue weighted by atomic mass is 9.91. The van der Waals surface area contributed by atoms with Crippen LogP contribution in [0.2, 0.25) is 0 Å². The van der Waals surface area contributed by atoms with Gasteiger partial charge in [0, 0.05) is 42.7 Å². The highest BCUT2D eigenvalue weighted by atomic mass is 16.5. The summed E-state index contributed by atoms with van der Waals surface area (Å²) >= 11 is 0. The van der Waals surface area contributed by atoms with Crippen molar-refractivity contribution in [3.8, 4) is 39.4 Å². The van der Waals surface area contributed by atoms with Gasteiger partial charge in [-0.2, -0.15) is 10.2 Å². The molecule has 41 heavy (non-hydrogen) atoms. The molecule has 0 spiro atoms. The van der Waals surface area contributed by atoms with Gasteiger partial charge in [-0.25, -0.2) is 14.8 Å². The summed E-state index contributed by atoms with van der Waals surface area (Å²) in [7, 11) is 3.46. The number of aromatic carboxylic acids is 1. The molecule has 208 valence electrons. The molecule has 0 aliphatic heterocycles. The third-order valence-corrected chi connectivity index (χ3v) is 7.22. The molecule has 10 nitrogen and oxygen atoms in total. The molecule has 0 bridgehead atoms. The Hall–Kier alpha value is -4.99. The molecule has 0 amide bonds. The van der Waals surface area contributed by atoms with E-state index in [9.17, 15) is 9.90 Å². The molecule has 3 aromatic heterocycles. The maximum Gasteiger partial charge on any atom is 0.335 e. The summed E-state index contributed by atoms with van der Waals surface area (Å²) in [6, 6.07) is 13.1. The minimum atomic E-state index is -1.02. The molecule has 2 aromatic carbocycles. The minimum Gasteiger partial charge on any atom is -0.495 e. The Morgan fingerprint density at radius 2 is 1.85 bits per heavy atom. The molecule has 2 N–H and O–H groups in total. The summed E-state index contributed by atoms with van der Waals surface area (Å²) in [4.78, 5) is 20.8. The SMILES string of the molecule is COc1cc(C(=O)O)ccc1Nc1ncc2c(n1)-c1c(nn(C)c1-c1ccc(-c3cnn(CC(C)C)c3)cc1)CC2. The van der Waals surface area contributed by atoms with Gasteiger partial charge in [-0.15, -0.1) is 0 Å². The molecule has 0 unspecified atom stereocenters. The van der Waals surface area contributed by atoms with Crippen molar-refractivity contribution in [2.24, 2.45) is 13.0 Å². The maximum atomic E-state index is 11.4. The molecule has 1 aliphatic carbocycles. The van der Waals surface area contributed by atoms with Crippen molar-refractivity contribution in [1.29, 1.82) is 0 Å². The molecular formula is C31H31N7O3. The Morgan fingerprint density at radius 3 is 2.59 bits per heavy atom. The van der Waals surface area contributed by atoms with Gasteiger partial charge >= 0.3 is 5.97 Å². The number of ether oxygens (including phenoxy) is 1. The number of anilines is 2. The number of aryl methyl sites for hydroxylation is 3. The highest BCUT2D eigenvalue weighted by Crippen LogP contribution is 2.40. The van der Waals surface area contributed by atoms with Crippen LogP contribution < -0.4 is 10.1 Å². The normalized spacial score (nSPS) is 12.2. The molecule has 1 aliphatic rings. The smallest absolute Gasteiger partial charge is 0.335 e. The van der Waals surface area contributed by atoms with Gasteiger partial charge in [-0.1, -0.05) is 38.1 Å². The van der Waals surface area contributed by atoms with Crippen molar-refractivity contribution >= 4 is 17.6 Å². The largest absolute Gasteiger partial charge is 0.495 e. The summed E-state index contributed by atoms with van der Waals surface area (Å²) in [6.45, 7) is 5.25. The Balaban J connectivity index is 1.34. The number of aromatic nitrogens is 6. The fourth-order valence-corrected chi connectivity index (χ4v) is 5.31. The summed E-state index contributed by atoms with van der Waals surface area (Å²) in [5.74, 6) is 0.291. The lowest BCUT2D eigenvalue weighted by Crippen LogP contribution is -2.09. The quantitative estimate of drug-likeness (QED) is 0.256. The van der Waals surface area contributed by atoms with Gasteiger partial charge in [0.15, 0.2) is 0 Å². The van der Waals surface area contributed by atoms with E-state index in [1.165, 1.54) is 19.2 Å². The fraction of sp³-hybridized carbons (Fsp3) is 0.258. The molecule has 0 saturated heterocycles. The van der Waals surface area contributed by atoms with E-state index in [0.29, 0.717) is 23.3 Å². The van der Waals surface area contributed by atoms with Gasteiger partial charge in [0.25, 0.3) is 0 Å². The van der Waals surface area contributed by atoms with Crippen LogP contribution in [0.1, 0.15) is 35.5 Å². The number of nitrogens with zero attached hydrogens (tertiary/aromatic N) is 6. The molecule has 0 saturated carbocycles. The predicted octanol–water partition coefficient (Wildman–Crippen LogP) is 5.61. The van der Waals surface area contributed by atoms with Gasteiger partial charge in [0.05, 0.1) is 41.6 Å². The highest BCUT2D eigenvalue weighted by molar-refractivity contribution is 5.89. The first-order chi connectivity index (χ1) is 19.8. The van der Waals surface area contributed by atoms with Crippen molar-refractivity contribution < 1.29 is 14.6 Å². The summed E-state index contributed by atoms with van der Waals surface area (Å²) in [6.07, 6.45) is 7.46. The lowest BCUT2D eigenvalue weighted by molar-refractivity contribution is 0.0696. The van der Waals surface area contributed by atoms with E-state index >= 15 is 0 Å². The van der Waals surface area contributed by atoms with Crippen molar-refractivity contribution in [1.82, 2.24) is 29.5 Å². The van der Waals surface area contributed by atoms with E-state index in [4.69, 9.17) is 14.8 Å². The van der Waals surface area contributed by atoms with Gasteiger partial charge in [-0.05, 0) is 48.1 Å². The number of hydrogen-bond acceptors (Lipinski definition) is 7. The van der Waals surface area contributed by atoms with Crippen LogP contribution in [-0.2, 0) is 26.4 Å². The van der Waals surface area contributed by atoms with Crippen molar-refractivity contribution in [2.75, 3.05) is 12.4 Å². The zero-order valence-electron chi connectivity index (χ0n) is 23.4. The summed E-state index contributed by atoms with van der Waals surface area (Å²) in [5, 5.41) is 21.9. The van der Waals surface area contributed by atoms with Crippen LogP contribution in [0, 0.1) is 5.92 Å². The number of hydrogen-bond donors (Lipinski definition) is 2. The average Bonchev–Trinajstić information content (AvgIpc) is 3.56. The number of carboxylic acids is 1. The van der Waals surface area contributed by atoms with Gasteiger partial charge in [-0.3, -0.25) is 9.36 Å². The van der Waals surface area contributed by atoms with E-state index in [-0.39, 0.29) is 5.56 Å². The lowest BCUT2D eigenvalue weighted by Gasteiger charge is -2.17. The van der Waals surface area contributed by atoms with Crippen molar-refractivity contribution in [3.05, 3.63) is 77.9 Å². The first-order valence-corrected chi connectivity index (χ1v) is 13.5. The summed E-state index contributed by atoms with van der Waals surface area (Å²) in [5.41, 5.74) is 8.86. The second-order valence-corrected chi connectivity index (χ2v) is 10.6. The molecule has 10 heteroatoms. The zero-order valence-corrected chi connectivity index (χ0v) is 23.4. The van der Waals surface area contributed by atoms with Crippen LogP contribution in [0.3, 0.4) is 0 Å². The number of nitrogens with one attached hydrogen (secondary N) is 1. The first kappa shape index (κ1) is 26.2. The van der Waals surface area contributed by atoms with Crippen LogP contribution in [0.5, 0.6) is 5.75 Å². The van der Waals surface area contributed by atoms with Gasteiger partial charge in [0.2, 0.25) is 5.95 Å². The first-order valence-electron chi connectivity index (χ1n) is 13.5. The molecule has 3 heterocycles. The van der Waals surface area contributed by atoms with Crippen LogP contribution in [0.25, 0.3) is 33.6 Å². The number of benzene rings is 2. The van der Waals surface area contributed by atoms with E-state index in [2.05, 4.69) is 59.7 Å². The van der Waals surface area contributed by atoms with Crippen LogP contribution in [0.15, 0.2) is 61.1 Å². The Bertz CT molecular complexity index is 1750. The number of carboxylic acid groups (broad SMARTS) is 1. The van der Waals surface area contributed by atoms with E-state index in [0.717, 1.165) is 64.3 Å². The average molecular weight is 550 g/mol. The number of rotatable bonds is 8. The zero-order chi connectivity index (χ0) is 28.7. The van der Waals surface area contributed by atoms with Crippen LogP contribution in [0.4, 0.5) is 11.6 Å². The number of methoxy groups -OCH3 is 1. The van der Waals surface area contributed by atoms with Gasteiger partial charge in [0.1, 0.15) is 5.75 Å². The van der Waals surface area contributed by atoms with Crippen LogP contribution >= 0.6 is 0 Å². The molecular weight excluding hydrogens is 518 g/mol. The molecule has 6 rings (SSSR count). The maximum absolute atomic E-state index is 11.4. The molecule has 0 atom stereocenters. The predicted molar refractivity (Wildman–Crippen MR) is 156 cm³/mol. The molecule has 0 fully saturated rings. The molecule has 0 radical (unpaired) electrons.